The maximum absolute atomic E-state index is 11.9. The van der Waals surface area contributed by atoms with E-state index in [4.69, 9.17) is 5.73 Å². The second-order valence-electron chi connectivity index (χ2n) is 4.62. The SMILES string of the molecule is NC(CNS(=O)(=O)/C=C/c1ccccc1)c1ccccc1. The van der Waals surface area contributed by atoms with Crippen LogP contribution in [0.5, 0.6) is 0 Å². The van der Waals surface area contributed by atoms with Crippen molar-refractivity contribution in [2.24, 2.45) is 5.73 Å². The van der Waals surface area contributed by atoms with E-state index in [1.807, 2.05) is 60.7 Å². The van der Waals surface area contributed by atoms with E-state index in [-0.39, 0.29) is 12.6 Å². The summed E-state index contributed by atoms with van der Waals surface area (Å²) in [5.41, 5.74) is 7.68. The van der Waals surface area contributed by atoms with Crippen LogP contribution < -0.4 is 10.5 Å². The molecule has 2 aromatic rings. The van der Waals surface area contributed by atoms with Gasteiger partial charge in [0, 0.05) is 18.0 Å². The van der Waals surface area contributed by atoms with Crippen molar-refractivity contribution in [3.05, 3.63) is 77.2 Å². The van der Waals surface area contributed by atoms with Gasteiger partial charge in [-0.05, 0) is 17.2 Å². The highest BCUT2D eigenvalue weighted by atomic mass is 32.2. The molecule has 0 heterocycles. The van der Waals surface area contributed by atoms with E-state index >= 15 is 0 Å². The van der Waals surface area contributed by atoms with Crippen LogP contribution in [0.25, 0.3) is 6.08 Å². The first-order valence-corrected chi connectivity index (χ1v) is 8.15. The number of nitrogens with one attached hydrogen (secondary N) is 1. The molecular formula is C16H18N2O2S. The first-order chi connectivity index (χ1) is 10.1. The van der Waals surface area contributed by atoms with Crippen molar-refractivity contribution < 1.29 is 8.42 Å². The first kappa shape index (κ1) is 15.4. The summed E-state index contributed by atoms with van der Waals surface area (Å²) in [6.45, 7) is 0.158. The van der Waals surface area contributed by atoms with Crippen molar-refractivity contribution >= 4 is 16.1 Å². The summed E-state index contributed by atoms with van der Waals surface area (Å²) >= 11 is 0. The molecule has 5 heteroatoms. The number of hydrogen-bond acceptors (Lipinski definition) is 3. The van der Waals surface area contributed by atoms with Crippen molar-refractivity contribution in [3.8, 4) is 0 Å². The zero-order chi connectivity index (χ0) is 15.1. The third-order valence-corrected chi connectivity index (χ3v) is 4.03. The molecule has 0 saturated carbocycles. The third kappa shape index (κ3) is 5.15. The Hall–Kier alpha value is -1.95. The Morgan fingerprint density at radius 2 is 1.57 bits per heavy atom. The maximum Gasteiger partial charge on any atom is 0.233 e. The standard InChI is InChI=1S/C16H18N2O2S/c17-16(15-9-5-2-6-10-15)13-18-21(19,20)12-11-14-7-3-1-4-8-14/h1-12,16,18H,13,17H2/b12-11+. The van der Waals surface area contributed by atoms with Crippen LogP contribution in [0, 0.1) is 0 Å². The number of rotatable bonds is 6. The van der Waals surface area contributed by atoms with Gasteiger partial charge in [0.2, 0.25) is 10.0 Å². The molecule has 0 aliphatic carbocycles. The van der Waals surface area contributed by atoms with Crippen molar-refractivity contribution in [1.82, 2.24) is 4.72 Å². The van der Waals surface area contributed by atoms with E-state index in [0.717, 1.165) is 16.5 Å². The molecule has 2 rings (SSSR count). The molecule has 0 spiro atoms. The molecule has 1 atom stereocenters. The molecule has 0 amide bonds. The van der Waals surface area contributed by atoms with Crippen LogP contribution in [-0.4, -0.2) is 15.0 Å². The molecule has 3 N–H and O–H groups in total. The van der Waals surface area contributed by atoms with Gasteiger partial charge in [-0.15, -0.1) is 0 Å². The normalized spacial score (nSPS) is 13.4. The van der Waals surface area contributed by atoms with Crippen LogP contribution >= 0.6 is 0 Å². The van der Waals surface area contributed by atoms with Crippen LogP contribution in [0.4, 0.5) is 0 Å². The fourth-order valence-electron chi connectivity index (χ4n) is 1.80. The fraction of sp³-hybridized carbons (Fsp3) is 0.125. The Morgan fingerprint density at radius 3 is 2.19 bits per heavy atom. The smallest absolute Gasteiger partial charge is 0.233 e. The fourth-order valence-corrected chi connectivity index (χ4v) is 2.65. The van der Waals surface area contributed by atoms with Crippen molar-refractivity contribution in [3.63, 3.8) is 0 Å². The lowest BCUT2D eigenvalue weighted by Gasteiger charge is -2.12. The number of hydrogen-bond donors (Lipinski definition) is 2. The third-order valence-electron chi connectivity index (χ3n) is 2.97. The molecule has 21 heavy (non-hydrogen) atoms. The van der Waals surface area contributed by atoms with E-state index in [0.29, 0.717) is 0 Å². The van der Waals surface area contributed by atoms with Crippen molar-refractivity contribution in [2.75, 3.05) is 6.54 Å². The molecule has 0 aromatic heterocycles. The molecule has 110 valence electrons. The maximum atomic E-state index is 11.9. The Kier molecular flexibility index (Phi) is 5.27. The average Bonchev–Trinajstić information content (AvgIpc) is 2.53. The van der Waals surface area contributed by atoms with Gasteiger partial charge >= 0.3 is 0 Å². The quantitative estimate of drug-likeness (QED) is 0.860. The van der Waals surface area contributed by atoms with E-state index in [1.54, 1.807) is 6.08 Å². The highest BCUT2D eigenvalue weighted by Gasteiger charge is 2.10. The summed E-state index contributed by atoms with van der Waals surface area (Å²) < 4.78 is 26.3. The Balaban J connectivity index is 1.94. The van der Waals surface area contributed by atoms with Crippen LogP contribution in [0.15, 0.2) is 66.1 Å². The van der Waals surface area contributed by atoms with Crippen molar-refractivity contribution in [2.45, 2.75) is 6.04 Å². The van der Waals surface area contributed by atoms with Gasteiger partial charge in [-0.3, -0.25) is 0 Å². The van der Waals surface area contributed by atoms with Crippen LogP contribution in [0.1, 0.15) is 17.2 Å². The second kappa shape index (κ2) is 7.17. The van der Waals surface area contributed by atoms with Crippen molar-refractivity contribution in [1.29, 1.82) is 0 Å². The topological polar surface area (TPSA) is 72.2 Å². The predicted octanol–water partition coefficient (Wildman–Crippen LogP) is 2.28. The van der Waals surface area contributed by atoms with Gasteiger partial charge in [-0.1, -0.05) is 60.7 Å². The molecule has 2 aromatic carbocycles. The van der Waals surface area contributed by atoms with Gasteiger partial charge in [0.1, 0.15) is 0 Å². The lowest BCUT2D eigenvalue weighted by atomic mass is 10.1. The summed E-state index contributed by atoms with van der Waals surface area (Å²) in [5, 5.41) is 1.15. The van der Waals surface area contributed by atoms with E-state index in [2.05, 4.69) is 4.72 Å². The molecular weight excluding hydrogens is 284 g/mol. The minimum absolute atomic E-state index is 0.158. The zero-order valence-electron chi connectivity index (χ0n) is 11.5. The van der Waals surface area contributed by atoms with E-state index in [1.165, 1.54) is 0 Å². The minimum atomic E-state index is -3.49. The molecule has 0 saturated heterocycles. The van der Waals surface area contributed by atoms with Gasteiger partial charge in [0.15, 0.2) is 0 Å². The number of benzene rings is 2. The van der Waals surface area contributed by atoms with Gasteiger partial charge < -0.3 is 5.73 Å². The second-order valence-corrected chi connectivity index (χ2v) is 6.27. The summed E-state index contributed by atoms with van der Waals surface area (Å²) in [7, 11) is -3.49. The Morgan fingerprint density at radius 1 is 1.00 bits per heavy atom. The summed E-state index contributed by atoms with van der Waals surface area (Å²) in [4.78, 5) is 0. The summed E-state index contributed by atoms with van der Waals surface area (Å²) in [6.07, 6.45) is 1.55. The highest BCUT2D eigenvalue weighted by Crippen LogP contribution is 2.09. The Labute approximate surface area is 125 Å². The summed E-state index contributed by atoms with van der Waals surface area (Å²) in [6, 6.07) is 18.3. The zero-order valence-corrected chi connectivity index (χ0v) is 12.3. The lowest BCUT2D eigenvalue weighted by molar-refractivity contribution is 0.581. The highest BCUT2D eigenvalue weighted by molar-refractivity contribution is 7.92. The van der Waals surface area contributed by atoms with Gasteiger partial charge in [0.05, 0.1) is 0 Å². The van der Waals surface area contributed by atoms with E-state index in [9.17, 15) is 8.42 Å². The number of nitrogens with two attached hydrogens (primary N) is 1. The van der Waals surface area contributed by atoms with Gasteiger partial charge in [-0.2, -0.15) is 0 Å². The molecule has 0 aliphatic rings. The van der Waals surface area contributed by atoms with Crippen LogP contribution in [-0.2, 0) is 10.0 Å². The molecule has 0 aliphatic heterocycles. The average molecular weight is 302 g/mol. The van der Waals surface area contributed by atoms with E-state index < -0.39 is 10.0 Å². The predicted molar refractivity (Wildman–Crippen MR) is 85.8 cm³/mol. The lowest BCUT2D eigenvalue weighted by Crippen LogP contribution is -2.30. The first-order valence-electron chi connectivity index (χ1n) is 6.60. The minimum Gasteiger partial charge on any atom is -0.323 e. The largest absolute Gasteiger partial charge is 0.323 e. The molecule has 4 nitrogen and oxygen atoms in total. The Bertz CT molecular complexity index is 683. The van der Waals surface area contributed by atoms with Gasteiger partial charge in [-0.25, -0.2) is 13.1 Å². The van der Waals surface area contributed by atoms with Crippen LogP contribution in [0.2, 0.25) is 0 Å². The molecule has 0 radical (unpaired) electrons. The summed E-state index contributed by atoms with van der Waals surface area (Å²) in [5.74, 6) is 0. The molecule has 0 fully saturated rings. The monoisotopic (exact) mass is 302 g/mol. The molecule has 0 bridgehead atoms. The van der Waals surface area contributed by atoms with Gasteiger partial charge in [0.25, 0.3) is 0 Å². The van der Waals surface area contributed by atoms with Crippen LogP contribution in [0.3, 0.4) is 0 Å². The molecule has 1 unspecified atom stereocenters. The number of sulfonamides is 1.